The molecule has 4 rings (SSSR count). The molecule has 1 N–H and O–H groups in total. The van der Waals surface area contributed by atoms with Gasteiger partial charge in [0.2, 0.25) is 5.91 Å². The fraction of sp³-hybridized carbons (Fsp3) is 0.400. The first-order valence-electron chi connectivity index (χ1n) is 11.3. The van der Waals surface area contributed by atoms with Crippen LogP contribution in [0.3, 0.4) is 0 Å². The highest BCUT2D eigenvalue weighted by Crippen LogP contribution is 2.30. The summed E-state index contributed by atoms with van der Waals surface area (Å²) in [6.07, 6.45) is 6.54. The summed E-state index contributed by atoms with van der Waals surface area (Å²) < 4.78 is 15.2. The summed E-state index contributed by atoms with van der Waals surface area (Å²) in [5.41, 5.74) is 2.89. The fourth-order valence-electron chi connectivity index (χ4n) is 4.20. The monoisotopic (exact) mass is 486 g/mol. The third-order valence-corrected chi connectivity index (χ3v) is 7.33. The molecule has 0 aliphatic heterocycles. The van der Waals surface area contributed by atoms with Crippen molar-refractivity contribution in [2.75, 3.05) is 0 Å². The Labute approximate surface area is 203 Å². The minimum atomic E-state index is -0.257. The number of hydrogen-bond donors (Lipinski definition) is 1. The van der Waals surface area contributed by atoms with Crippen LogP contribution in [-0.4, -0.2) is 20.7 Å². The number of carbonyl (C=O) groups excluding carboxylic acids is 1. The van der Waals surface area contributed by atoms with E-state index in [0.29, 0.717) is 40.6 Å². The van der Waals surface area contributed by atoms with Crippen molar-refractivity contribution in [3.8, 4) is 5.69 Å². The number of amides is 1. The quantitative estimate of drug-likeness (QED) is 0.363. The molecule has 0 radical (unpaired) electrons. The highest BCUT2D eigenvalue weighted by Gasteiger charge is 2.19. The van der Waals surface area contributed by atoms with Crippen LogP contribution in [-0.2, 0) is 17.1 Å². The van der Waals surface area contributed by atoms with E-state index in [4.69, 9.17) is 11.6 Å². The molecule has 1 fully saturated rings. The highest BCUT2D eigenvalue weighted by molar-refractivity contribution is 7.98. The average Bonchev–Trinajstić information content (AvgIpc) is 3.47. The maximum atomic E-state index is 13.2. The molecule has 0 spiro atoms. The molecule has 1 heterocycles. The van der Waals surface area contributed by atoms with Crippen molar-refractivity contribution in [2.24, 2.45) is 5.92 Å². The zero-order chi connectivity index (χ0) is 23.2. The third kappa shape index (κ3) is 6.36. The average molecular weight is 487 g/mol. The maximum absolute atomic E-state index is 13.2. The molecule has 0 unspecified atom stereocenters. The van der Waals surface area contributed by atoms with Crippen molar-refractivity contribution < 1.29 is 9.18 Å². The second-order valence-corrected chi connectivity index (χ2v) is 9.92. The van der Waals surface area contributed by atoms with E-state index < -0.39 is 0 Å². The van der Waals surface area contributed by atoms with Crippen LogP contribution in [0, 0.1) is 18.7 Å². The van der Waals surface area contributed by atoms with Crippen molar-refractivity contribution in [2.45, 2.75) is 62.9 Å². The van der Waals surface area contributed by atoms with Crippen LogP contribution in [0.5, 0.6) is 0 Å². The number of carbonyl (C=O) groups is 1. The Balaban J connectivity index is 1.50. The SMILES string of the molecule is Cc1ccc(Cl)cc1-n1c(CNC(=O)CCC2CCCC2)nnc1SCc1ccc(F)cc1. The van der Waals surface area contributed by atoms with Crippen LogP contribution in [0.25, 0.3) is 5.69 Å². The van der Waals surface area contributed by atoms with Crippen molar-refractivity contribution in [1.29, 1.82) is 0 Å². The molecule has 8 heteroatoms. The second kappa shape index (κ2) is 11.2. The molecule has 1 amide bonds. The predicted molar refractivity (Wildman–Crippen MR) is 130 cm³/mol. The number of rotatable bonds is 9. The lowest BCUT2D eigenvalue weighted by atomic mass is 10.0. The molecule has 0 atom stereocenters. The Kier molecular flexibility index (Phi) is 8.04. The van der Waals surface area contributed by atoms with E-state index in [1.165, 1.54) is 49.6 Å². The number of nitrogens with zero attached hydrogens (tertiary/aromatic N) is 3. The van der Waals surface area contributed by atoms with Gasteiger partial charge in [-0.25, -0.2) is 4.39 Å². The minimum absolute atomic E-state index is 0.0415. The van der Waals surface area contributed by atoms with E-state index in [2.05, 4.69) is 15.5 Å². The van der Waals surface area contributed by atoms with Crippen LogP contribution < -0.4 is 5.32 Å². The lowest BCUT2D eigenvalue weighted by molar-refractivity contribution is -0.121. The zero-order valence-electron chi connectivity index (χ0n) is 18.7. The summed E-state index contributed by atoms with van der Waals surface area (Å²) in [5.74, 6) is 1.73. The lowest BCUT2D eigenvalue weighted by Crippen LogP contribution is -2.25. The minimum Gasteiger partial charge on any atom is -0.349 e. The number of aromatic nitrogens is 3. The Morgan fingerprint density at radius 2 is 1.94 bits per heavy atom. The zero-order valence-corrected chi connectivity index (χ0v) is 20.3. The first kappa shape index (κ1) is 23.8. The van der Waals surface area contributed by atoms with Crippen LogP contribution in [0.2, 0.25) is 5.02 Å². The van der Waals surface area contributed by atoms with Crippen LogP contribution in [0.4, 0.5) is 4.39 Å². The largest absolute Gasteiger partial charge is 0.349 e. The first-order valence-corrected chi connectivity index (χ1v) is 12.7. The molecule has 2 aromatic carbocycles. The van der Waals surface area contributed by atoms with Gasteiger partial charge in [0, 0.05) is 17.2 Å². The van der Waals surface area contributed by atoms with Gasteiger partial charge in [0.25, 0.3) is 0 Å². The Bertz CT molecular complexity index is 1100. The summed E-state index contributed by atoms with van der Waals surface area (Å²) in [6, 6.07) is 12.1. The molecule has 33 heavy (non-hydrogen) atoms. The standard InChI is InChI=1S/C25H28ClFN4OS/c1-17-6-10-20(26)14-22(17)31-23(15-28-24(32)13-9-18-4-2-3-5-18)29-30-25(31)33-16-19-7-11-21(27)12-8-19/h6-8,10-12,14,18H,2-5,9,13,15-16H2,1H3,(H,28,32). The third-order valence-electron chi connectivity index (χ3n) is 6.09. The van der Waals surface area contributed by atoms with Gasteiger partial charge in [-0.2, -0.15) is 0 Å². The number of halogens is 2. The van der Waals surface area contributed by atoms with E-state index in [1.807, 2.05) is 29.7 Å². The van der Waals surface area contributed by atoms with Gasteiger partial charge in [0.1, 0.15) is 5.82 Å². The molecule has 1 aliphatic carbocycles. The van der Waals surface area contributed by atoms with E-state index in [-0.39, 0.29) is 11.7 Å². The molecular formula is C25H28ClFN4OS. The summed E-state index contributed by atoms with van der Waals surface area (Å²) in [6.45, 7) is 2.30. The van der Waals surface area contributed by atoms with Gasteiger partial charge < -0.3 is 5.32 Å². The van der Waals surface area contributed by atoms with Crippen molar-refractivity contribution >= 4 is 29.3 Å². The van der Waals surface area contributed by atoms with Crippen molar-refractivity contribution in [1.82, 2.24) is 20.1 Å². The number of hydrogen-bond acceptors (Lipinski definition) is 4. The Hall–Kier alpha value is -2.38. The molecule has 5 nitrogen and oxygen atoms in total. The summed E-state index contributed by atoms with van der Waals surface area (Å²) in [5, 5.41) is 13.1. The van der Waals surface area contributed by atoms with Gasteiger partial charge in [-0.3, -0.25) is 9.36 Å². The van der Waals surface area contributed by atoms with E-state index in [9.17, 15) is 9.18 Å². The van der Waals surface area contributed by atoms with Crippen LogP contribution >= 0.6 is 23.4 Å². The summed E-state index contributed by atoms with van der Waals surface area (Å²) in [4.78, 5) is 12.5. The number of aryl methyl sites for hydroxylation is 1. The normalized spacial score (nSPS) is 14.0. The van der Waals surface area contributed by atoms with Gasteiger partial charge in [-0.1, -0.05) is 67.2 Å². The summed E-state index contributed by atoms with van der Waals surface area (Å²) >= 11 is 7.80. The first-order chi connectivity index (χ1) is 16.0. The second-order valence-electron chi connectivity index (χ2n) is 8.55. The van der Waals surface area contributed by atoms with Crippen molar-refractivity contribution in [3.63, 3.8) is 0 Å². The van der Waals surface area contributed by atoms with Gasteiger partial charge in [0.15, 0.2) is 11.0 Å². The highest BCUT2D eigenvalue weighted by atomic mass is 35.5. The number of thioether (sulfide) groups is 1. The van der Waals surface area contributed by atoms with Crippen molar-refractivity contribution in [3.05, 3.63) is 70.3 Å². The van der Waals surface area contributed by atoms with Crippen LogP contribution in [0.1, 0.15) is 55.5 Å². The predicted octanol–water partition coefficient (Wildman–Crippen LogP) is 6.25. The van der Waals surface area contributed by atoms with Gasteiger partial charge >= 0.3 is 0 Å². The molecule has 174 valence electrons. The van der Waals surface area contributed by atoms with Gasteiger partial charge in [-0.15, -0.1) is 10.2 Å². The van der Waals surface area contributed by atoms with E-state index >= 15 is 0 Å². The summed E-state index contributed by atoms with van der Waals surface area (Å²) in [7, 11) is 0. The smallest absolute Gasteiger partial charge is 0.220 e. The molecule has 3 aromatic rings. The lowest BCUT2D eigenvalue weighted by Gasteiger charge is -2.14. The topological polar surface area (TPSA) is 59.8 Å². The van der Waals surface area contributed by atoms with Gasteiger partial charge in [-0.05, 0) is 54.7 Å². The fourth-order valence-corrected chi connectivity index (χ4v) is 5.29. The molecule has 1 saturated carbocycles. The molecule has 0 bridgehead atoms. The number of benzene rings is 2. The van der Waals surface area contributed by atoms with Crippen LogP contribution in [0.15, 0.2) is 47.6 Å². The van der Waals surface area contributed by atoms with Gasteiger partial charge in [0.05, 0.1) is 12.2 Å². The van der Waals surface area contributed by atoms with E-state index in [1.54, 1.807) is 12.1 Å². The number of nitrogens with one attached hydrogen (secondary N) is 1. The Morgan fingerprint density at radius 3 is 2.70 bits per heavy atom. The molecular weight excluding hydrogens is 459 g/mol. The molecule has 1 aliphatic rings. The molecule has 0 saturated heterocycles. The maximum Gasteiger partial charge on any atom is 0.220 e. The Morgan fingerprint density at radius 1 is 1.18 bits per heavy atom. The van der Waals surface area contributed by atoms with E-state index in [0.717, 1.165) is 23.2 Å². The molecule has 1 aromatic heterocycles.